The standard InChI is InChI=1S/C43H44N4O/c1-6-30(4)23-33-12-9-11-31(5)43(33)34-27-45-46(28-34)35-13-10-14-36(25-35)48-37-19-20-39-38-15-7-8-16-40(38)47(41(39)26-37)42-24-32(21-22-44-42)18-17-29(2)3/h7-16,19-22,24-30H,6,17-18,23H2,1-5H3. The molecule has 0 amide bonds. The van der Waals surface area contributed by atoms with Crippen LogP contribution in [0.15, 0.2) is 116 Å². The lowest BCUT2D eigenvalue weighted by atomic mass is 9.90. The van der Waals surface area contributed by atoms with E-state index >= 15 is 0 Å². The fraction of sp³-hybridized carbons (Fsp3) is 0.256. The molecular formula is C43H44N4O. The van der Waals surface area contributed by atoms with Gasteiger partial charge in [0.25, 0.3) is 0 Å². The zero-order valence-corrected chi connectivity index (χ0v) is 28.6. The maximum absolute atomic E-state index is 6.54. The first-order chi connectivity index (χ1) is 23.4. The van der Waals surface area contributed by atoms with Gasteiger partial charge in [0.2, 0.25) is 0 Å². The van der Waals surface area contributed by atoms with Crippen molar-refractivity contribution in [3.63, 3.8) is 0 Å². The molecule has 0 radical (unpaired) electrons. The van der Waals surface area contributed by atoms with Crippen molar-refractivity contribution in [3.05, 3.63) is 132 Å². The summed E-state index contributed by atoms with van der Waals surface area (Å²) < 4.78 is 10.7. The third kappa shape index (κ3) is 6.37. The minimum Gasteiger partial charge on any atom is -0.457 e. The van der Waals surface area contributed by atoms with Gasteiger partial charge in [-0.2, -0.15) is 5.10 Å². The van der Waals surface area contributed by atoms with Gasteiger partial charge in [0, 0.05) is 40.9 Å². The van der Waals surface area contributed by atoms with Gasteiger partial charge < -0.3 is 4.74 Å². The van der Waals surface area contributed by atoms with Gasteiger partial charge in [-0.3, -0.25) is 4.57 Å². The first-order valence-corrected chi connectivity index (χ1v) is 17.3. The topological polar surface area (TPSA) is 44.9 Å². The summed E-state index contributed by atoms with van der Waals surface area (Å²) in [6.07, 6.45) is 10.5. The summed E-state index contributed by atoms with van der Waals surface area (Å²) in [7, 11) is 0. The fourth-order valence-electron chi connectivity index (χ4n) is 6.70. The lowest BCUT2D eigenvalue weighted by Crippen LogP contribution is -2.01. The molecule has 0 spiro atoms. The number of hydrogen-bond donors (Lipinski definition) is 0. The largest absolute Gasteiger partial charge is 0.457 e. The van der Waals surface area contributed by atoms with Crippen LogP contribution in [0.1, 0.15) is 57.2 Å². The summed E-state index contributed by atoms with van der Waals surface area (Å²) in [5.41, 5.74) is 9.55. The van der Waals surface area contributed by atoms with E-state index in [1.54, 1.807) is 0 Å². The zero-order valence-electron chi connectivity index (χ0n) is 28.6. The molecule has 0 N–H and O–H groups in total. The van der Waals surface area contributed by atoms with Gasteiger partial charge in [-0.05, 0) is 103 Å². The molecule has 1 unspecified atom stereocenters. The Morgan fingerprint density at radius 2 is 1.60 bits per heavy atom. The Balaban J connectivity index is 1.21. The van der Waals surface area contributed by atoms with Crippen LogP contribution in [-0.2, 0) is 12.8 Å². The number of aromatic nitrogens is 4. The Hall–Kier alpha value is -5.16. The molecule has 1 atom stereocenters. The number of fused-ring (bicyclic) bond motifs is 3. The van der Waals surface area contributed by atoms with E-state index in [0.717, 1.165) is 65.3 Å². The van der Waals surface area contributed by atoms with Crippen molar-refractivity contribution in [3.8, 4) is 34.1 Å². The van der Waals surface area contributed by atoms with Crippen LogP contribution in [0.2, 0.25) is 0 Å². The Morgan fingerprint density at radius 1 is 0.792 bits per heavy atom. The first-order valence-electron chi connectivity index (χ1n) is 17.3. The normalized spacial score (nSPS) is 12.3. The molecule has 0 bridgehead atoms. The van der Waals surface area contributed by atoms with Gasteiger partial charge in [0.15, 0.2) is 0 Å². The molecule has 242 valence electrons. The average Bonchev–Trinajstić information content (AvgIpc) is 3.71. The van der Waals surface area contributed by atoms with Crippen molar-refractivity contribution in [2.75, 3.05) is 0 Å². The zero-order chi connectivity index (χ0) is 33.2. The van der Waals surface area contributed by atoms with Crippen LogP contribution in [0.25, 0.3) is 44.4 Å². The number of rotatable bonds is 11. The molecule has 0 aliphatic heterocycles. The van der Waals surface area contributed by atoms with Crippen LogP contribution in [0, 0.1) is 18.8 Å². The van der Waals surface area contributed by atoms with Gasteiger partial charge in [0.05, 0.1) is 22.9 Å². The van der Waals surface area contributed by atoms with Gasteiger partial charge in [-0.15, -0.1) is 0 Å². The molecule has 5 nitrogen and oxygen atoms in total. The third-order valence-electron chi connectivity index (χ3n) is 9.51. The summed E-state index contributed by atoms with van der Waals surface area (Å²) in [6, 6.07) is 34.0. The molecule has 3 heterocycles. The number of para-hydroxylation sites is 1. The number of ether oxygens (including phenoxy) is 1. The molecule has 5 heteroatoms. The van der Waals surface area contributed by atoms with Gasteiger partial charge in [0.1, 0.15) is 17.3 Å². The lowest BCUT2D eigenvalue weighted by molar-refractivity contribution is 0.483. The second-order valence-corrected chi connectivity index (χ2v) is 13.6. The van der Waals surface area contributed by atoms with E-state index in [-0.39, 0.29) is 0 Å². The smallest absolute Gasteiger partial charge is 0.137 e. The summed E-state index contributed by atoms with van der Waals surface area (Å²) >= 11 is 0. The van der Waals surface area contributed by atoms with Crippen LogP contribution in [0.4, 0.5) is 0 Å². The van der Waals surface area contributed by atoms with E-state index < -0.39 is 0 Å². The molecule has 0 saturated heterocycles. The highest BCUT2D eigenvalue weighted by Crippen LogP contribution is 2.36. The Morgan fingerprint density at radius 3 is 2.46 bits per heavy atom. The molecule has 0 saturated carbocycles. The van der Waals surface area contributed by atoms with Crippen molar-refractivity contribution in [1.82, 2.24) is 19.3 Å². The summed E-state index contributed by atoms with van der Waals surface area (Å²) in [5, 5.41) is 7.16. The summed E-state index contributed by atoms with van der Waals surface area (Å²) in [4.78, 5) is 4.83. The number of benzene rings is 4. The van der Waals surface area contributed by atoms with Crippen LogP contribution in [-0.4, -0.2) is 19.3 Å². The van der Waals surface area contributed by atoms with E-state index in [4.69, 9.17) is 14.8 Å². The molecule has 7 aromatic rings. The van der Waals surface area contributed by atoms with Crippen molar-refractivity contribution in [1.29, 1.82) is 0 Å². The van der Waals surface area contributed by atoms with E-state index in [0.29, 0.717) is 11.8 Å². The van der Waals surface area contributed by atoms with Crippen LogP contribution in [0.5, 0.6) is 11.5 Å². The molecule has 0 aliphatic rings. The lowest BCUT2D eigenvalue weighted by Gasteiger charge is -2.14. The minimum absolute atomic E-state index is 0.631. The van der Waals surface area contributed by atoms with Gasteiger partial charge in [-0.25, -0.2) is 9.67 Å². The molecule has 0 fully saturated rings. The third-order valence-corrected chi connectivity index (χ3v) is 9.51. The molecule has 3 aromatic heterocycles. The van der Waals surface area contributed by atoms with Gasteiger partial charge >= 0.3 is 0 Å². The van der Waals surface area contributed by atoms with Crippen molar-refractivity contribution < 1.29 is 4.74 Å². The van der Waals surface area contributed by atoms with Crippen molar-refractivity contribution in [2.45, 2.75) is 60.3 Å². The van der Waals surface area contributed by atoms with E-state index in [1.807, 2.05) is 35.3 Å². The molecule has 7 rings (SSSR count). The van der Waals surface area contributed by atoms with Crippen molar-refractivity contribution in [2.24, 2.45) is 11.8 Å². The van der Waals surface area contributed by atoms with E-state index in [2.05, 4.69) is 124 Å². The summed E-state index contributed by atoms with van der Waals surface area (Å²) in [6.45, 7) is 11.3. The molecule has 48 heavy (non-hydrogen) atoms. The summed E-state index contributed by atoms with van der Waals surface area (Å²) in [5.74, 6) is 3.75. The van der Waals surface area contributed by atoms with Crippen LogP contribution >= 0.6 is 0 Å². The number of pyridine rings is 1. The highest BCUT2D eigenvalue weighted by atomic mass is 16.5. The number of aryl methyl sites for hydroxylation is 2. The molecular weight excluding hydrogens is 589 g/mol. The highest BCUT2D eigenvalue weighted by Gasteiger charge is 2.16. The Bertz CT molecular complexity index is 2200. The molecule has 0 aliphatic carbocycles. The van der Waals surface area contributed by atoms with Crippen LogP contribution in [0.3, 0.4) is 0 Å². The van der Waals surface area contributed by atoms with Gasteiger partial charge in [-0.1, -0.05) is 76.6 Å². The maximum Gasteiger partial charge on any atom is 0.137 e. The highest BCUT2D eigenvalue weighted by molar-refractivity contribution is 6.09. The Labute approximate surface area is 283 Å². The predicted octanol–water partition coefficient (Wildman–Crippen LogP) is 11.3. The Kier molecular flexibility index (Phi) is 8.86. The second-order valence-electron chi connectivity index (χ2n) is 13.6. The number of hydrogen-bond acceptors (Lipinski definition) is 3. The average molecular weight is 633 g/mol. The van der Waals surface area contributed by atoms with E-state index in [1.165, 1.54) is 33.0 Å². The van der Waals surface area contributed by atoms with Crippen LogP contribution < -0.4 is 4.74 Å². The fourth-order valence-corrected chi connectivity index (χ4v) is 6.70. The van der Waals surface area contributed by atoms with E-state index in [9.17, 15) is 0 Å². The predicted molar refractivity (Wildman–Crippen MR) is 199 cm³/mol. The second kappa shape index (κ2) is 13.5. The first kappa shape index (κ1) is 31.4. The minimum atomic E-state index is 0.631. The maximum atomic E-state index is 6.54. The number of nitrogens with zero attached hydrogens (tertiary/aromatic N) is 4. The van der Waals surface area contributed by atoms with Crippen molar-refractivity contribution >= 4 is 21.8 Å². The quantitative estimate of drug-likeness (QED) is 0.143. The molecule has 4 aromatic carbocycles. The monoisotopic (exact) mass is 632 g/mol. The SMILES string of the molecule is CCC(C)Cc1cccc(C)c1-c1cnn(-c2cccc(Oc3ccc4c5ccccc5n(-c5cc(CCC(C)C)ccn5)c4c3)c2)c1.